The third-order valence-electron chi connectivity index (χ3n) is 4.57. The van der Waals surface area contributed by atoms with Gasteiger partial charge in [0.25, 0.3) is 0 Å². The molecule has 2 saturated heterocycles. The van der Waals surface area contributed by atoms with Gasteiger partial charge in [0.15, 0.2) is 0 Å². The number of rotatable bonds is 2. The summed E-state index contributed by atoms with van der Waals surface area (Å²) in [5, 5.41) is 7.12. The highest BCUT2D eigenvalue weighted by molar-refractivity contribution is 7.11. The standard InChI is InChI=1S/C14H20N2OS.C2HF3O2/c1-10-3-4-11(18-10)9-16-8-7-12-13(16)5-6-14(17)15(12)2;3-2(4,5)1(6)7/h3-4,12-13H,5-9H2,1-2H3;(H,6,7)/t12-,13-;/m1./s1. The largest absolute Gasteiger partial charge is 0.490 e. The minimum Gasteiger partial charge on any atom is -0.475 e. The van der Waals surface area contributed by atoms with Crippen molar-refractivity contribution in [3.8, 4) is 0 Å². The predicted molar refractivity (Wildman–Crippen MR) is 87.4 cm³/mol. The summed E-state index contributed by atoms with van der Waals surface area (Å²) in [6.45, 7) is 4.35. The van der Waals surface area contributed by atoms with Crippen molar-refractivity contribution < 1.29 is 27.9 Å². The maximum atomic E-state index is 11.7. The normalized spacial score (nSPS) is 23.9. The van der Waals surface area contributed by atoms with E-state index in [1.807, 2.05) is 23.3 Å². The number of likely N-dealkylation sites (tertiary alicyclic amines) is 2. The molecule has 0 radical (unpaired) electrons. The minimum atomic E-state index is -5.08. The average molecular weight is 378 g/mol. The van der Waals surface area contributed by atoms with E-state index in [9.17, 15) is 18.0 Å². The van der Waals surface area contributed by atoms with Crippen LogP contribution in [0.15, 0.2) is 12.1 Å². The van der Waals surface area contributed by atoms with Crippen LogP contribution < -0.4 is 0 Å². The lowest BCUT2D eigenvalue weighted by molar-refractivity contribution is -0.192. The lowest BCUT2D eigenvalue weighted by Crippen LogP contribution is -2.50. The van der Waals surface area contributed by atoms with Gasteiger partial charge in [-0.3, -0.25) is 9.69 Å². The van der Waals surface area contributed by atoms with E-state index in [2.05, 4.69) is 24.0 Å². The van der Waals surface area contributed by atoms with E-state index in [4.69, 9.17) is 9.90 Å². The molecule has 2 aliphatic heterocycles. The highest BCUT2D eigenvalue weighted by Gasteiger charge is 2.41. The van der Waals surface area contributed by atoms with Gasteiger partial charge in [-0.05, 0) is 31.9 Å². The number of carboxylic acid groups (broad SMARTS) is 1. The molecule has 140 valence electrons. The summed E-state index contributed by atoms with van der Waals surface area (Å²) in [4.78, 5) is 28.0. The van der Waals surface area contributed by atoms with Gasteiger partial charge in [-0.25, -0.2) is 4.79 Å². The molecule has 5 nitrogen and oxygen atoms in total. The quantitative estimate of drug-likeness (QED) is 0.860. The number of halogens is 3. The molecule has 3 rings (SSSR count). The van der Waals surface area contributed by atoms with Crippen molar-refractivity contribution >= 4 is 23.2 Å². The Morgan fingerprint density at radius 1 is 1.32 bits per heavy atom. The van der Waals surface area contributed by atoms with Crippen molar-refractivity contribution in [2.75, 3.05) is 13.6 Å². The number of fused-ring (bicyclic) bond motifs is 1. The maximum absolute atomic E-state index is 11.7. The number of carboxylic acids is 1. The fourth-order valence-electron chi connectivity index (χ4n) is 3.33. The molecule has 0 unspecified atom stereocenters. The van der Waals surface area contributed by atoms with E-state index in [0.717, 1.165) is 32.4 Å². The van der Waals surface area contributed by atoms with E-state index in [1.165, 1.54) is 9.75 Å². The van der Waals surface area contributed by atoms with Crippen LogP contribution in [0.3, 0.4) is 0 Å². The number of alkyl halides is 3. The van der Waals surface area contributed by atoms with Crippen LogP contribution in [0.2, 0.25) is 0 Å². The highest BCUT2D eigenvalue weighted by atomic mass is 32.1. The number of aliphatic carboxylic acids is 1. The van der Waals surface area contributed by atoms with Crippen LogP contribution in [0.1, 0.15) is 29.0 Å². The summed E-state index contributed by atoms with van der Waals surface area (Å²) in [5.41, 5.74) is 0. The fourth-order valence-corrected chi connectivity index (χ4v) is 4.24. The number of nitrogens with zero attached hydrogens (tertiary/aromatic N) is 2. The van der Waals surface area contributed by atoms with Crippen molar-refractivity contribution in [3.05, 3.63) is 21.9 Å². The molecule has 1 aromatic rings. The monoisotopic (exact) mass is 378 g/mol. The molecular weight excluding hydrogens is 357 g/mol. The molecule has 1 amide bonds. The molecule has 25 heavy (non-hydrogen) atoms. The molecule has 0 saturated carbocycles. The molecule has 0 aliphatic carbocycles. The number of aryl methyl sites for hydroxylation is 1. The molecule has 0 spiro atoms. The molecule has 9 heteroatoms. The smallest absolute Gasteiger partial charge is 0.475 e. The molecule has 1 aromatic heterocycles. The Kier molecular flexibility index (Phi) is 6.10. The van der Waals surface area contributed by atoms with Gasteiger partial charge in [-0.15, -0.1) is 11.3 Å². The van der Waals surface area contributed by atoms with Crippen molar-refractivity contribution in [1.82, 2.24) is 9.80 Å². The van der Waals surface area contributed by atoms with Crippen molar-refractivity contribution in [3.63, 3.8) is 0 Å². The van der Waals surface area contributed by atoms with Crippen LogP contribution in [0.5, 0.6) is 0 Å². The summed E-state index contributed by atoms with van der Waals surface area (Å²) in [7, 11) is 1.97. The average Bonchev–Trinajstić information content (AvgIpc) is 3.10. The fraction of sp³-hybridized carbons (Fsp3) is 0.625. The third kappa shape index (κ3) is 4.94. The first kappa shape index (κ1) is 19.7. The van der Waals surface area contributed by atoms with Gasteiger partial charge in [0.2, 0.25) is 5.91 Å². The zero-order valence-electron chi connectivity index (χ0n) is 14.0. The summed E-state index contributed by atoms with van der Waals surface area (Å²) < 4.78 is 31.7. The number of thiophene rings is 1. The Balaban J connectivity index is 0.000000277. The van der Waals surface area contributed by atoms with E-state index >= 15 is 0 Å². The van der Waals surface area contributed by atoms with Crippen LogP contribution in [0.4, 0.5) is 13.2 Å². The Bertz CT molecular complexity index is 632. The molecule has 0 bridgehead atoms. The van der Waals surface area contributed by atoms with Crippen molar-refractivity contribution in [2.24, 2.45) is 0 Å². The predicted octanol–water partition coefficient (Wildman–Crippen LogP) is 2.88. The minimum absolute atomic E-state index is 0.324. The number of hydrogen-bond acceptors (Lipinski definition) is 4. The summed E-state index contributed by atoms with van der Waals surface area (Å²) in [6.07, 6.45) is -2.19. The second-order valence-electron chi connectivity index (χ2n) is 6.25. The van der Waals surface area contributed by atoms with Crippen molar-refractivity contribution in [1.29, 1.82) is 0 Å². The van der Waals surface area contributed by atoms with Gasteiger partial charge >= 0.3 is 12.1 Å². The Morgan fingerprint density at radius 3 is 2.48 bits per heavy atom. The van der Waals surface area contributed by atoms with Crippen LogP contribution in [-0.2, 0) is 16.1 Å². The molecule has 3 heterocycles. The van der Waals surface area contributed by atoms with Crippen LogP contribution in [0.25, 0.3) is 0 Å². The van der Waals surface area contributed by atoms with Crippen LogP contribution >= 0.6 is 11.3 Å². The number of carbonyl (C=O) groups is 2. The molecule has 0 aromatic carbocycles. The Hall–Kier alpha value is -1.61. The van der Waals surface area contributed by atoms with E-state index in [-0.39, 0.29) is 0 Å². The lowest BCUT2D eigenvalue weighted by atomic mass is 9.97. The van der Waals surface area contributed by atoms with Gasteiger partial charge in [0.05, 0.1) is 0 Å². The zero-order valence-corrected chi connectivity index (χ0v) is 14.9. The summed E-state index contributed by atoms with van der Waals surface area (Å²) in [5.74, 6) is -2.43. The molecule has 2 atom stereocenters. The number of piperidine rings is 1. The number of likely N-dealkylation sites (N-methyl/N-ethyl adjacent to an activating group) is 1. The first-order valence-electron chi connectivity index (χ1n) is 7.94. The third-order valence-corrected chi connectivity index (χ3v) is 5.55. The van der Waals surface area contributed by atoms with Gasteiger partial charge in [-0.2, -0.15) is 13.2 Å². The lowest BCUT2D eigenvalue weighted by Gasteiger charge is -2.37. The second kappa shape index (κ2) is 7.74. The van der Waals surface area contributed by atoms with Gasteiger partial charge < -0.3 is 10.0 Å². The number of amides is 1. The first-order chi connectivity index (χ1) is 11.6. The molecule has 2 aliphatic rings. The van der Waals surface area contributed by atoms with E-state index in [1.54, 1.807) is 0 Å². The summed E-state index contributed by atoms with van der Waals surface area (Å²) in [6, 6.07) is 5.47. The zero-order chi connectivity index (χ0) is 18.8. The van der Waals surface area contributed by atoms with Crippen LogP contribution in [0, 0.1) is 6.92 Å². The topological polar surface area (TPSA) is 60.9 Å². The highest BCUT2D eigenvalue weighted by Crippen LogP contribution is 2.32. The molecule has 2 fully saturated rings. The van der Waals surface area contributed by atoms with Gasteiger partial charge in [-0.1, -0.05) is 0 Å². The van der Waals surface area contributed by atoms with Crippen LogP contribution in [-0.4, -0.2) is 58.6 Å². The second-order valence-corrected chi connectivity index (χ2v) is 7.62. The van der Waals surface area contributed by atoms with Gasteiger partial charge in [0.1, 0.15) is 0 Å². The molecule has 1 N–H and O–H groups in total. The Morgan fingerprint density at radius 2 is 1.96 bits per heavy atom. The number of hydrogen-bond donors (Lipinski definition) is 1. The SMILES string of the molecule is Cc1ccc(CN2CC[C@@H]3[C@H]2CCC(=O)N3C)s1.O=C(O)C(F)(F)F. The first-order valence-corrected chi connectivity index (χ1v) is 8.76. The van der Waals surface area contributed by atoms with Gasteiger partial charge in [0, 0.05) is 48.4 Å². The van der Waals surface area contributed by atoms with E-state index in [0.29, 0.717) is 18.0 Å². The van der Waals surface area contributed by atoms with Crippen molar-refractivity contribution in [2.45, 2.75) is 51.0 Å². The number of carbonyl (C=O) groups excluding carboxylic acids is 1. The van der Waals surface area contributed by atoms with E-state index < -0.39 is 12.1 Å². The summed E-state index contributed by atoms with van der Waals surface area (Å²) >= 11 is 1.89. The molecular formula is C16H21F3N2O3S. The maximum Gasteiger partial charge on any atom is 0.490 e. The Labute approximate surface area is 148 Å².